The van der Waals surface area contributed by atoms with Gasteiger partial charge in [-0.1, -0.05) is 12.1 Å². The van der Waals surface area contributed by atoms with Gasteiger partial charge < -0.3 is 5.32 Å². The largest absolute Gasteiger partial charge is 0.358 e. The second kappa shape index (κ2) is 5.77. The number of carbonyl (C=O) groups is 1. The van der Waals surface area contributed by atoms with E-state index in [0.717, 1.165) is 5.56 Å². The summed E-state index contributed by atoms with van der Waals surface area (Å²) < 4.78 is 13.4. The fraction of sp³-hybridized carbons (Fsp3) is 0.462. The van der Waals surface area contributed by atoms with Crippen LogP contribution in [0.4, 0.5) is 4.39 Å². The van der Waals surface area contributed by atoms with Gasteiger partial charge in [-0.15, -0.1) is 0 Å². The first-order valence-corrected chi connectivity index (χ1v) is 5.69. The van der Waals surface area contributed by atoms with E-state index in [-0.39, 0.29) is 23.8 Å². The summed E-state index contributed by atoms with van der Waals surface area (Å²) in [6, 6.07) is 4.74. The Morgan fingerprint density at radius 3 is 2.53 bits per heavy atom. The number of carbonyl (C=O) groups excluding carboxylic acids is 1. The Morgan fingerprint density at radius 2 is 2.00 bits per heavy atom. The van der Waals surface area contributed by atoms with Crippen molar-refractivity contribution in [1.82, 2.24) is 10.6 Å². The summed E-state index contributed by atoms with van der Waals surface area (Å²) in [5.41, 5.74) is 1.46. The summed E-state index contributed by atoms with van der Waals surface area (Å²) in [5.74, 6) is -0.298. The molecular formula is C13H19FN2O. The molecule has 0 spiro atoms. The monoisotopic (exact) mass is 238 g/mol. The molecule has 0 aliphatic carbocycles. The van der Waals surface area contributed by atoms with Crippen molar-refractivity contribution in [1.29, 1.82) is 0 Å². The van der Waals surface area contributed by atoms with Crippen LogP contribution in [-0.2, 0) is 4.79 Å². The van der Waals surface area contributed by atoms with E-state index >= 15 is 0 Å². The first-order chi connectivity index (χ1) is 7.95. The van der Waals surface area contributed by atoms with Crippen molar-refractivity contribution in [2.75, 3.05) is 7.05 Å². The van der Waals surface area contributed by atoms with Gasteiger partial charge in [0.15, 0.2) is 0 Å². The lowest BCUT2D eigenvalue weighted by Gasteiger charge is -2.19. The van der Waals surface area contributed by atoms with Crippen LogP contribution in [0.1, 0.15) is 31.0 Å². The van der Waals surface area contributed by atoms with Crippen molar-refractivity contribution in [3.05, 3.63) is 35.1 Å². The number of halogens is 1. The summed E-state index contributed by atoms with van der Waals surface area (Å²) in [5, 5.41) is 5.68. The highest BCUT2D eigenvalue weighted by atomic mass is 19.1. The SMILES string of the molecule is CNC(=O)C(C)NC(C)c1ccc(C)c(F)c1. The predicted octanol–water partition coefficient (Wildman–Crippen LogP) is 1.92. The summed E-state index contributed by atoms with van der Waals surface area (Å²) in [7, 11) is 1.59. The van der Waals surface area contributed by atoms with Gasteiger partial charge in [-0.25, -0.2) is 4.39 Å². The molecule has 0 aromatic heterocycles. The van der Waals surface area contributed by atoms with E-state index in [1.165, 1.54) is 6.07 Å². The molecule has 2 unspecified atom stereocenters. The number of benzene rings is 1. The molecule has 17 heavy (non-hydrogen) atoms. The molecule has 0 aliphatic heterocycles. The molecule has 0 fully saturated rings. The standard InChI is InChI=1S/C13H19FN2O/c1-8-5-6-11(7-12(8)14)9(2)16-10(3)13(17)15-4/h5-7,9-10,16H,1-4H3,(H,15,17). The van der Waals surface area contributed by atoms with Crippen LogP contribution in [0.3, 0.4) is 0 Å². The van der Waals surface area contributed by atoms with Crippen molar-refractivity contribution in [3.63, 3.8) is 0 Å². The van der Waals surface area contributed by atoms with Gasteiger partial charge in [0, 0.05) is 13.1 Å². The number of rotatable bonds is 4. The number of likely N-dealkylation sites (N-methyl/N-ethyl adjacent to an activating group) is 1. The molecule has 1 aromatic rings. The molecule has 1 aromatic carbocycles. The summed E-state index contributed by atoms with van der Waals surface area (Å²) in [6.07, 6.45) is 0. The predicted molar refractivity (Wildman–Crippen MR) is 66.2 cm³/mol. The van der Waals surface area contributed by atoms with Crippen LogP contribution >= 0.6 is 0 Å². The molecule has 1 amide bonds. The Bertz CT molecular complexity index is 406. The van der Waals surface area contributed by atoms with E-state index in [0.29, 0.717) is 5.56 Å². The average Bonchev–Trinajstić information content (AvgIpc) is 2.31. The lowest BCUT2D eigenvalue weighted by Crippen LogP contribution is -2.41. The topological polar surface area (TPSA) is 41.1 Å². The third kappa shape index (κ3) is 3.53. The van der Waals surface area contributed by atoms with Crippen LogP contribution in [-0.4, -0.2) is 19.0 Å². The minimum Gasteiger partial charge on any atom is -0.358 e. The third-order valence-electron chi connectivity index (χ3n) is 2.84. The minimum atomic E-state index is -0.306. The fourth-order valence-corrected chi connectivity index (χ4v) is 1.64. The van der Waals surface area contributed by atoms with Crippen molar-refractivity contribution < 1.29 is 9.18 Å². The van der Waals surface area contributed by atoms with E-state index in [4.69, 9.17) is 0 Å². The lowest BCUT2D eigenvalue weighted by molar-refractivity contribution is -0.122. The quantitative estimate of drug-likeness (QED) is 0.841. The Morgan fingerprint density at radius 1 is 1.35 bits per heavy atom. The molecule has 4 heteroatoms. The minimum absolute atomic E-state index is 0.0719. The molecule has 0 bridgehead atoms. The smallest absolute Gasteiger partial charge is 0.236 e. The molecule has 0 saturated carbocycles. The van der Waals surface area contributed by atoms with Crippen LogP contribution in [0, 0.1) is 12.7 Å². The number of amides is 1. The van der Waals surface area contributed by atoms with Gasteiger partial charge in [0.25, 0.3) is 0 Å². The number of nitrogens with one attached hydrogen (secondary N) is 2. The average molecular weight is 238 g/mol. The Labute approximate surface area is 101 Å². The maximum absolute atomic E-state index is 13.4. The normalized spacial score (nSPS) is 14.2. The zero-order chi connectivity index (χ0) is 13.0. The molecule has 0 radical (unpaired) electrons. The number of hydrogen-bond donors (Lipinski definition) is 2. The van der Waals surface area contributed by atoms with Crippen LogP contribution < -0.4 is 10.6 Å². The van der Waals surface area contributed by atoms with Gasteiger partial charge in [0.1, 0.15) is 5.82 Å². The highest BCUT2D eigenvalue weighted by Crippen LogP contribution is 2.16. The number of hydrogen-bond acceptors (Lipinski definition) is 2. The highest BCUT2D eigenvalue weighted by molar-refractivity contribution is 5.80. The Balaban J connectivity index is 2.72. The van der Waals surface area contributed by atoms with Crippen molar-refractivity contribution in [2.45, 2.75) is 32.9 Å². The summed E-state index contributed by atoms with van der Waals surface area (Å²) >= 11 is 0. The molecule has 0 aliphatic rings. The Hall–Kier alpha value is -1.42. The van der Waals surface area contributed by atoms with Gasteiger partial charge in [-0.2, -0.15) is 0 Å². The van der Waals surface area contributed by atoms with Gasteiger partial charge in [0.05, 0.1) is 6.04 Å². The van der Waals surface area contributed by atoms with Gasteiger partial charge >= 0.3 is 0 Å². The molecule has 1 rings (SSSR count). The Kier molecular flexibility index (Phi) is 4.63. The van der Waals surface area contributed by atoms with E-state index in [1.807, 2.05) is 13.0 Å². The van der Waals surface area contributed by atoms with Crippen LogP contribution in [0.2, 0.25) is 0 Å². The van der Waals surface area contributed by atoms with E-state index in [2.05, 4.69) is 10.6 Å². The van der Waals surface area contributed by atoms with Gasteiger partial charge in [0.2, 0.25) is 5.91 Å². The summed E-state index contributed by atoms with van der Waals surface area (Å²) in [4.78, 5) is 11.4. The highest BCUT2D eigenvalue weighted by Gasteiger charge is 2.15. The first-order valence-electron chi connectivity index (χ1n) is 5.69. The third-order valence-corrected chi connectivity index (χ3v) is 2.84. The lowest BCUT2D eigenvalue weighted by atomic mass is 10.1. The molecule has 2 atom stereocenters. The van der Waals surface area contributed by atoms with Crippen LogP contribution in [0.15, 0.2) is 18.2 Å². The summed E-state index contributed by atoms with van der Waals surface area (Å²) in [6.45, 7) is 5.41. The van der Waals surface area contributed by atoms with Crippen molar-refractivity contribution in [3.8, 4) is 0 Å². The molecule has 0 heterocycles. The van der Waals surface area contributed by atoms with E-state index in [1.54, 1.807) is 27.0 Å². The van der Waals surface area contributed by atoms with Crippen LogP contribution in [0.5, 0.6) is 0 Å². The molecule has 3 nitrogen and oxygen atoms in total. The zero-order valence-corrected chi connectivity index (χ0v) is 10.7. The second-order valence-electron chi connectivity index (χ2n) is 4.23. The molecular weight excluding hydrogens is 219 g/mol. The van der Waals surface area contributed by atoms with Crippen molar-refractivity contribution >= 4 is 5.91 Å². The van der Waals surface area contributed by atoms with E-state index < -0.39 is 0 Å². The second-order valence-corrected chi connectivity index (χ2v) is 4.23. The maximum Gasteiger partial charge on any atom is 0.236 e. The van der Waals surface area contributed by atoms with Crippen LogP contribution in [0.25, 0.3) is 0 Å². The van der Waals surface area contributed by atoms with E-state index in [9.17, 15) is 9.18 Å². The van der Waals surface area contributed by atoms with Crippen molar-refractivity contribution in [2.24, 2.45) is 0 Å². The molecule has 2 N–H and O–H groups in total. The maximum atomic E-state index is 13.4. The molecule has 94 valence electrons. The zero-order valence-electron chi connectivity index (χ0n) is 10.7. The van der Waals surface area contributed by atoms with Gasteiger partial charge in [-0.05, 0) is 38.0 Å². The fourth-order valence-electron chi connectivity index (χ4n) is 1.64. The first kappa shape index (κ1) is 13.6. The number of aryl methyl sites for hydroxylation is 1. The van der Waals surface area contributed by atoms with Gasteiger partial charge in [-0.3, -0.25) is 10.1 Å². The molecule has 0 saturated heterocycles.